The quantitative estimate of drug-likeness (QED) is 0.578. The largest absolute Gasteiger partial charge is 0.473 e. The number of carbonyl (C=O) groups excluding carboxylic acids is 1. The molecule has 64 valence electrons. The number of halogens is 3. The number of rotatable bonds is 2. The summed E-state index contributed by atoms with van der Waals surface area (Å²) in [6, 6.07) is 0. The summed E-state index contributed by atoms with van der Waals surface area (Å²) in [6.07, 6.45) is -2.78. The van der Waals surface area contributed by atoms with Crippen LogP contribution in [0.25, 0.3) is 0 Å². The van der Waals surface area contributed by atoms with Crippen molar-refractivity contribution in [2.24, 2.45) is 4.99 Å². The third kappa shape index (κ3) is 4.52. The van der Waals surface area contributed by atoms with Crippen LogP contribution in [0.4, 0.5) is 13.2 Å². The predicted octanol–water partition coefficient (Wildman–Crippen LogP) is 1.95. The monoisotopic (exact) mass is 167 g/mol. The SMILES string of the molecule is CCCC=NC(=O)C(F)(F)F. The molecular weight excluding hydrogens is 159 g/mol. The minimum Gasteiger partial charge on any atom is -0.262 e. The van der Waals surface area contributed by atoms with Gasteiger partial charge in [0.15, 0.2) is 0 Å². The van der Waals surface area contributed by atoms with Gasteiger partial charge in [-0.1, -0.05) is 13.3 Å². The minimum atomic E-state index is -4.83. The number of nitrogens with zero attached hydrogens (tertiary/aromatic N) is 1. The Hall–Kier alpha value is -0.870. The van der Waals surface area contributed by atoms with Crippen LogP contribution in [0.5, 0.6) is 0 Å². The van der Waals surface area contributed by atoms with Gasteiger partial charge in [-0.05, 0) is 6.42 Å². The van der Waals surface area contributed by atoms with E-state index in [4.69, 9.17) is 0 Å². The first kappa shape index (κ1) is 10.1. The fourth-order valence-electron chi connectivity index (χ4n) is 0.350. The average Bonchev–Trinajstić information content (AvgIpc) is 1.86. The maximum atomic E-state index is 11.4. The summed E-state index contributed by atoms with van der Waals surface area (Å²) in [5.74, 6) is -2.04. The third-order valence-corrected chi connectivity index (χ3v) is 0.869. The number of alkyl halides is 3. The Bertz CT molecular complexity index is 162. The molecule has 0 spiro atoms. The van der Waals surface area contributed by atoms with E-state index in [1.165, 1.54) is 0 Å². The van der Waals surface area contributed by atoms with Gasteiger partial charge < -0.3 is 0 Å². The smallest absolute Gasteiger partial charge is 0.262 e. The van der Waals surface area contributed by atoms with Crippen molar-refractivity contribution in [3.8, 4) is 0 Å². The minimum absolute atomic E-state index is 0.391. The van der Waals surface area contributed by atoms with E-state index in [0.29, 0.717) is 12.8 Å². The van der Waals surface area contributed by atoms with Gasteiger partial charge in [-0.3, -0.25) is 4.79 Å². The summed E-state index contributed by atoms with van der Waals surface area (Å²) in [5, 5.41) is 0. The molecule has 0 aromatic rings. The number of carbonyl (C=O) groups is 1. The van der Waals surface area contributed by atoms with Crippen LogP contribution in [0.2, 0.25) is 0 Å². The first-order valence-electron chi connectivity index (χ1n) is 3.12. The highest BCUT2D eigenvalue weighted by Crippen LogP contribution is 2.15. The standard InChI is InChI=1S/C6H8F3NO/c1-2-3-4-10-5(11)6(7,8)9/h4H,2-3H2,1H3. The Balaban J connectivity index is 3.88. The summed E-state index contributed by atoms with van der Waals surface area (Å²) < 4.78 is 34.2. The highest BCUT2D eigenvalue weighted by Gasteiger charge is 2.37. The summed E-state index contributed by atoms with van der Waals surface area (Å²) in [5.41, 5.74) is 0. The topological polar surface area (TPSA) is 29.4 Å². The van der Waals surface area contributed by atoms with E-state index in [2.05, 4.69) is 4.99 Å². The lowest BCUT2D eigenvalue weighted by molar-refractivity contribution is -0.169. The van der Waals surface area contributed by atoms with Crippen LogP contribution in [0.3, 0.4) is 0 Å². The summed E-state index contributed by atoms with van der Waals surface area (Å²) in [6.45, 7) is 1.78. The van der Waals surface area contributed by atoms with Crippen LogP contribution in [-0.4, -0.2) is 18.3 Å². The molecule has 2 nitrogen and oxygen atoms in total. The Morgan fingerprint density at radius 3 is 2.45 bits per heavy atom. The summed E-state index contributed by atoms with van der Waals surface area (Å²) >= 11 is 0. The van der Waals surface area contributed by atoms with Crippen LogP contribution in [0.15, 0.2) is 4.99 Å². The van der Waals surface area contributed by atoms with Crippen molar-refractivity contribution in [2.45, 2.75) is 25.9 Å². The third-order valence-electron chi connectivity index (χ3n) is 0.869. The van der Waals surface area contributed by atoms with E-state index in [9.17, 15) is 18.0 Å². The van der Waals surface area contributed by atoms with Crippen LogP contribution in [0, 0.1) is 0 Å². The number of aliphatic imine (C=N–C) groups is 1. The number of amides is 1. The molecule has 0 saturated carbocycles. The Morgan fingerprint density at radius 1 is 1.55 bits per heavy atom. The van der Waals surface area contributed by atoms with Crippen LogP contribution in [0.1, 0.15) is 19.8 Å². The van der Waals surface area contributed by atoms with Crippen molar-refractivity contribution in [3.63, 3.8) is 0 Å². The molecule has 0 aliphatic rings. The lowest BCUT2D eigenvalue weighted by Gasteiger charge is -1.97. The van der Waals surface area contributed by atoms with Gasteiger partial charge in [-0.25, -0.2) is 4.99 Å². The number of unbranched alkanes of at least 4 members (excludes halogenated alkanes) is 1. The number of hydrogen-bond acceptors (Lipinski definition) is 1. The molecule has 0 saturated heterocycles. The van der Waals surface area contributed by atoms with Crippen molar-refractivity contribution in [3.05, 3.63) is 0 Å². The maximum absolute atomic E-state index is 11.4. The zero-order valence-corrected chi connectivity index (χ0v) is 5.98. The average molecular weight is 167 g/mol. The Morgan fingerprint density at radius 2 is 2.09 bits per heavy atom. The van der Waals surface area contributed by atoms with Gasteiger partial charge in [0.2, 0.25) is 0 Å². The zero-order chi connectivity index (χ0) is 8.91. The van der Waals surface area contributed by atoms with Crippen LogP contribution in [-0.2, 0) is 4.79 Å². The number of hydrogen-bond donors (Lipinski definition) is 0. The normalized spacial score (nSPS) is 12.4. The molecule has 0 fully saturated rings. The summed E-state index contributed by atoms with van der Waals surface area (Å²) in [7, 11) is 0. The molecule has 1 amide bonds. The highest BCUT2D eigenvalue weighted by atomic mass is 19.4. The van der Waals surface area contributed by atoms with Gasteiger partial charge in [0.05, 0.1) is 0 Å². The molecule has 0 aliphatic heterocycles. The molecule has 0 unspecified atom stereocenters. The van der Waals surface area contributed by atoms with E-state index < -0.39 is 12.1 Å². The second-order valence-electron chi connectivity index (χ2n) is 1.90. The van der Waals surface area contributed by atoms with Crippen LogP contribution >= 0.6 is 0 Å². The van der Waals surface area contributed by atoms with Crippen LogP contribution < -0.4 is 0 Å². The van der Waals surface area contributed by atoms with Crippen molar-refractivity contribution in [1.29, 1.82) is 0 Å². The predicted molar refractivity (Wildman–Crippen MR) is 34.5 cm³/mol. The van der Waals surface area contributed by atoms with E-state index in [-0.39, 0.29) is 0 Å². The molecule has 0 aromatic carbocycles. The van der Waals surface area contributed by atoms with Gasteiger partial charge in [-0.15, -0.1) is 0 Å². The molecule has 0 radical (unpaired) electrons. The second kappa shape index (κ2) is 4.10. The molecule has 0 rings (SSSR count). The van der Waals surface area contributed by atoms with Gasteiger partial charge in [0.1, 0.15) is 0 Å². The van der Waals surface area contributed by atoms with Crippen molar-refractivity contribution in [2.75, 3.05) is 0 Å². The second-order valence-corrected chi connectivity index (χ2v) is 1.90. The molecule has 0 aromatic heterocycles. The van der Waals surface area contributed by atoms with E-state index in [1.807, 2.05) is 0 Å². The van der Waals surface area contributed by atoms with Gasteiger partial charge in [-0.2, -0.15) is 13.2 Å². The van der Waals surface area contributed by atoms with Gasteiger partial charge >= 0.3 is 12.1 Å². The maximum Gasteiger partial charge on any atom is 0.473 e. The first-order chi connectivity index (χ1) is 4.98. The summed E-state index contributed by atoms with van der Waals surface area (Å²) in [4.78, 5) is 12.7. The highest BCUT2D eigenvalue weighted by molar-refractivity contribution is 5.88. The zero-order valence-electron chi connectivity index (χ0n) is 5.98. The lowest BCUT2D eigenvalue weighted by atomic mass is 10.4. The lowest BCUT2D eigenvalue weighted by Crippen LogP contribution is -2.20. The Labute approximate surface area is 62.1 Å². The molecule has 0 N–H and O–H groups in total. The van der Waals surface area contributed by atoms with E-state index in [1.54, 1.807) is 6.92 Å². The van der Waals surface area contributed by atoms with Crippen molar-refractivity contribution >= 4 is 12.1 Å². The van der Waals surface area contributed by atoms with Crippen molar-refractivity contribution in [1.82, 2.24) is 0 Å². The molecule has 11 heavy (non-hydrogen) atoms. The Kier molecular flexibility index (Phi) is 3.78. The first-order valence-corrected chi connectivity index (χ1v) is 3.12. The fraction of sp³-hybridized carbons (Fsp3) is 0.667. The van der Waals surface area contributed by atoms with Gasteiger partial charge in [0.25, 0.3) is 0 Å². The van der Waals surface area contributed by atoms with E-state index in [0.717, 1.165) is 6.21 Å². The molecule has 0 aliphatic carbocycles. The molecule has 0 bridgehead atoms. The van der Waals surface area contributed by atoms with E-state index >= 15 is 0 Å². The molecular formula is C6H8F3NO. The van der Waals surface area contributed by atoms with Crippen molar-refractivity contribution < 1.29 is 18.0 Å². The van der Waals surface area contributed by atoms with Gasteiger partial charge in [0, 0.05) is 6.21 Å². The molecule has 0 atom stereocenters. The molecule has 5 heteroatoms. The fourth-order valence-corrected chi connectivity index (χ4v) is 0.350. The molecule has 0 heterocycles.